The van der Waals surface area contributed by atoms with E-state index in [2.05, 4.69) is 45.2 Å². The van der Waals surface area contributed by atoms with Crippen LogP contribution in [0.25, 0.3) is 0 Å². The van der Waals surface area contributed by atoms with Crippen molar-refractivity contribution in [3.05, 3.63) is 35.4 Å². The molecule has 1 heterocycles. The third-order valence-corrected chi connectivity index (χ3v) is 6.46. The average molecular weight is 450 g/mol. The van der Waals surface area contributed by atoms with Crippen molar-refractivity contribution < 1.29 is 9.47 Å². The predicted octanol–water partition coefficient (Wildman–Crippen LogP) is 7.27. The van der Waals surface area contributed by atoms with Gasteiger partial charge in [-0.3, -0.25) is 0 Å². The molecule has 1 aliphatic heterocycles. The molecule has 0 saturated carbocycles. The minimum Gasteiger partial charge on any atom is -0.491 e. The van der Waals surface area contributed by atoms with E-state index in [9.17, 15) is 10.5 Å². The van der Waals surface area contributed by atoms with E-state index in [0.29, 0.717) is 42.2 Å². The zero-order valence-corrected chi connectivity index (χ0v) is 20.1. The predicted molar refractivity (Wildman–Crippen MR) is 129 cm³/mol. The van der Waals surface area contributed by atoms with Gasteiger partial charge in [0.1, 0.15) is 29.0 Å². The van der Waals surface area contributed by atoms with Gasteiger partial charge in [0, 0.05) is 4.90 Å². The highest BCUT2D eigenvalue weighted by Gasteiger charge is 2.30. The molecule has 0 amide bonds. The van der Waals surface area contributed by atoms with Crippen LogP contribution in [0, 0.1) is 34.5 Å². The van der Waals surface area contributed by atoms with Crippen molar-refractivity contribution in [1.82, 2.24) is 0 Å². The van der Waals surface area contributed by atoms with Crippen LogP contribution in [0.5, 0.6) is 11.5 Å². The molecule has 0 spiro atoms. The minimum atomic E-state index is 0.238. The standard InChI is InChI=1S/C26H31N3O2S/c1-17(2)9-7-13-30-24-19(15-27)20(16-28)25(31-14-8-10-18(3)4)26-23(24)29-21-11-5-6-12-22(21)32-26/h5-6,11-12,17-18,29H,7-10,13-14H2,1-4H3. The van der Waals surface area contributed by atoms with Crippen LogP contribution < -0.4 is 14.8 Å². The summed E-state index contributed by atoms with van der Waals surface area (Å²) in [7, 11) is 0. The van der Waals surface area contributed by atoms with E-state index >= 15 is 0 Å². The lowest BCUT2D eigenvalue weighted by atomic mass is 10.0. The normalized spacial score (nSPS) is 11.9. The van der Waals surface area contributed by atoms with Gasteiger partial charge in [-0.25, -0.2) is 0 Å². The van der Waals surface area contributed by atoms with Gasteiger partial charge in [-0.1, -0.05) is 51.6 Å². The average Bonchev–Trinajstić information content (AvgIpc) is 2.77. The summed E-state index contributed by atoms with van der Waals surface area (Å²) >= 11 is 1.55. The summed E-state index contributed by atoms with van der Waals surface area (Å²) in [6.07, 6.45) is 3.86. The molecule has 0 atom stereocenters. The van der Waals surface area contributed by atoms with E-state index in [1.807, 2.05) is 24.3 Å². The van der Waals surface area contributed by atoms with Crippen LogP contribution in [0.2, 0.25) is 0 Å². The van der Waals surface area contributed by atoms with Gasteiger partial charge in [-0.15, -0.1) is 0 Å². The summed E-state index contributed by atoms with van der Waals surface area (Å²) in [6, 6.07) is 12.4. The second-order valence-corrected chi connectivity index (χ2v) is 9.88. The molecule has 0 fully saturated rings. The lowest BCUT2D eigenvalue weighted by Crippen LogP contribution is -2.11. The Kier molecular flexibility index (Phi) is 8.31. The minimum absolute atomic E-state index is 0.238. The molecule has 2 aromatic carbocycles. The molecule has 1 aliphatic rings. The fourth-order valence-corrected chi connectivity index (χ4v) is 4.72. The number of nitrogens with zero attached hydrogens (tertiary/aromatic N) is 2. The Morgan fingerprint density at radius 1 is 0.875 bits per heavy atom. The molecule has 168 valence electrons. The Morgan fingerprint density at radius 3 is 2.03 bits per heavy atom. The number of ether oxygens (including phenoxy) is 2. The van der Waals surface area contributed by atoms with E-state index < -0.39 is 0 Å². The smallest absolute Gasteiger partial charge is 0.163 e. The van der Waals surface area contributed by atoms with E-state index in [0.717, 1.165) is 41.2 Å². The lowest BCUT2D eigenvalue weighted by molar-refractivity contribution is 0.284. The monoisotopic (exact) mass is 449 g/mol. The van der Waals surface area contributed by atoms with E-state index in [-0.39, 0.29) is 11.1 Å². The van der Waals surface area contributed by atoms with Crippen molar-refractivity contribution in [1.29, 1.82) is 10.5 Å². The summed E-state index contributed by atoms with van der Waals surface area (Å²) in [5, 5.41) is 23.4. The number of nitrogens with one attached hydrogen (secondary N) is 1. The number of fused-ring (bicyclic) bond motifs is 2. The topological polar surface area (TPSA) is 78.1 Å². The quantitative estimate of drug-likeness (QED) is 0.328. The molecular weight excluding hydrogens is 418 g/mol. The van der Waals surface area contributed by atoms with Crippen LogP contribution in [0.1, 0.15) is 64.5 Å². The highest BCUT2D eigenvalue weighted by molar-refractivity contribution is 7.99. The van der Waals surface area contributed by atoms with Crippen LogP contribution in [0.4, 0.5) is 11.4 Å². The van der Waals surface area contributed by atoms with Crippen LogP contribution in [0.15, 0.2) is 34.1 Å². The number of hydrogen-bond acceptors (Lipinski definition) is 6. The van der Waals surface area contributed by atoms with Gasteiger partial charge in [-0.05, 0) is 49.7 Å². The SMILES string of the molecule is CC(C)CCCOc1c(C#N)c(C#N)c(OCCCC(C)C)c2c1Nc1ccccc1S2. The van der Waals surface area contributed by atoms with Gasteiger partial charge in [0.05, 0.1) is 23.8 Å². The zero-order chi connectivity index (χ0) is 23.1. The highest BCUT2D eigenvalue weighted by atomic mass is 32.2. The summed E-state index contributed by atoms with van der Waals surface area (Å²) in [6.45, 7) is 9.71. The van der Waals surface area contributed by atoms with Crippen molar-refractivity contribution >= 4 is 23.1 Å². The molecule has 5 nitrogen and oxygen atoms in total. The Balaban J connectivity index is 2.02. The first kappa shape index (κ1) is 23.8. The van der Waals surface area contributed by atoms with Gasteiger partial charge < -0.3 is 14.8 Å². The molecule has 0 unspecified atom stereocenters. The van der Waals surface area contributed by atoms with Crippen LogP contribution in [-0.4, -0.2) is 13.2 Å². The maximum atomic E-state index is 9.97. The fourth-order valence-electron chi connectivity index (χ4n) is 3.62. The van der Waals surface area contributed by atoms with E-state index in [4.69, 9.17) is 9.47 Å². The van der Waals surface area contributed by atoms with Gasteiger partial charge in [0.15, 0.2) is 11.5 Å². The third kappa shape index (κ3) is 5.50. The van der Waals surface area contributed by atoms with Crippen molar-refractivity contribution in [3.63, 3.8) is 0 Å². The Morgan fingerprint density at radius 2 is 1.44 bits per heavy atom. The molecule has 0 aromatic heterocycles. The first-order valence-electron chi connectivity index (χ1n) is 11.3. The number of para-hydroxylation sites is 1. The van der Waals surface area contributed by atoms with Crippen molar-refractivity contribution in [2.45, 2.75) is 63.2 Å². The molecule has 1 N–H and O–H groups in total. The zero-order valence-electron chi connectivity index (χ0n) is 19.3. The number of rotatable bonds is 10. The molecule has 0 radical (unpaired) electrons. The molecule has 0 bridgehead atoms. The molecule has 0 aliphatic carbocycles. The second kappa shape index (κ2) is 11.2. The summed E-state index contributed by atoms with van der Waals surface area (Å²) in [4.78, 5) is 1.86. The van der Waals surface area contributed by atoms with Crippen molar-refractivity contribution in [3.8, 4) is 23.6 Å². The van der Waals surface area contributed by atoms with Gasteiger partial charge in [-0.2, -0.15) is 10.5 Å². The number of nitriles is 2. The van der Waals surface area contributed by atoms with Gasteiger partial charge in [0.25, 0.3) is 0 Å². The molecular formula is C26H31N3O2S. The first-order chi connectivity index (χ1) is 15.5. The summed E-state index contributed by atoms with van der Waals surface area (Å²) in [5.74, 6) is 2.09. The maximum absolute atomic E-state index is 9.97. The molecule has 2 aromatic rings. The molecule has 3 rings (SSSR count). The van der Waals surface area contributed by atoms with E-state index in [1.165, 1.54) is 0 Å². The maximum Gasteiger partial charge on any atom is 0.163 e. The number of hydrogen-bond donors (Lipinski definition) is 1. The van der Waals surface area contributed by atoms with Crippen LogP contribution in [0.3, 0.4) is 0 Å². The largest absolute Gasteiger partial charge is 0.491 e. The Hall–Kier alpha value is -2.83. The Bertz CT molecular complexity index is 953. The summed E-state index contributed by atoms with van der Waals surface area (Å²) in [5.41, 5.74) is 2.16. The molecule has 0 saturated heterocycles. The lowest BCUT2D eigenvalue weighted by Gasteiger charge is -2.27. The first-order valence-corrected chi connectivity index (χ1v) is 12.1. The number of benzene rings is 2. The van der Waals surface area contributed by atoms with Crippen LogP contribution >= 0.6 is 11.8 Å². The second-order valence-electron chi connectivity index (χ2n) is 8.83. The van der Waals surface area contributed by atoms with Crippen molar-refractivity contribution in [2.24, 2.45) is 11.8 Å². The molecule has 6 heteroatoms. The fraction of sp³-hybridized carbons (Fsp3) is 0.462. The van der Waals surface area contributed by atoms with E-state index in [1.54, 1.807) is 11.8 Å². The Labute approximate surface area is 195 Å². The van der Waals surface area contributed by atoms with Gasteiger partial charge >= 0.3 is 0 Å². The number of anilines is 2. The molecule has 32 heavy (non-hydrogen) atoms. The summed E-state index contributed by atoms with van der Waals surface area (Å²) < 4.78 is 12.3. The van der Waals surface area contributed by atoms with Crippen LogP contribution in [-0.2, 0) is 0 Å². The highest BCUT2D eigenvalue weighted by Crippen LogP contribution is 2.54. The van der Waals surface area contributed by atoms with Gasteiger partial charge in [0.2, 0.25) is 0 Å². The third-order valence-electron chi connectivity index (χ3n) is 5.29. The van der Waals surface area contributed by atoms with Crippen molar-refractivity contribution in [2.75, 3.05) is 18.5 Å².